The molecule has 0 radical (unpaired) electrons. The normalized spacial score (nSPS) is 12.4. The third kappa shape index (κ3) is 6.31. The molecule has 0 fully saturated rings. The lowest BCUT2D eigenvalue weighted by molar-refractivity contribution is -0.143. The highest BCUT2D eigenvalue weighted by Gasteiger charge is 2.50. The zero-order valence-electron chi connectivity index (χ0n) is 21.5. The van der Waals surface area contributed by atoms with Crippen LogP contribution in [-0.2, 0) is 20.6 Å². The Morgan fingerprint density at radius 3 is 2.03 bits per heavy atom. The lowest BCUT2D eigenvalue weighted by atomic mass is 9.95. The third-order valence-corrected chi connectivity index (χ3v) is 11.2. The topological polar surface area (TPSA) is 35.5 Å². The molecule has 0 amide bonds. The van der Waals surface area contributed by atoms with Crippen molar-refractivity contribution >= 4 is 24.7 Å². The molecule has 3 nitrogen and oxygen atoms in total. The maximum absolute atomic E-state index is 12.2. The monoisotopic (exact) mass is 484 g/mol. The van der Waals surface area contributed by atoms with E-state index >= 15 is 0 Å². The largest absolute Gasteiger partial charge is 0.466 e. The first-order chi connectivity index (χ1) is 16.8. The molecule has 182 valence electrons. The molecule has 0 aromatic heterocycles. The molecule has 0 N–H and O–H groups in total. The van der Waals surface area contributed by atoms with Gasteiger partial charge < -0.3 is 9.16 Å². The van der Waals surface area contributed by atoms with Gasteiger partial charge in [-0.1, -0.05) is 112 Å². The Morgan fingerprint density at radius 2 is 1.51 bits per heavy atom. The van der Waals surface area contributed by atoms with Crippen molar-refractivity contribution in [3.05, 3.63) is 96.1 Å². The van der Waals surface area contributed by atoms with Crippen molar-refractivity contribution in [1.29, 1.82) is 0 Å². The molecular formula is C31H36O3Si. The molecule has 1 unspecified atom stereocenters. The summed E-state index contributed by atoms with van der Waals surface area (Å²) in [5.41, 5.74) is 2.08. The second-order valence-corrected chi connectivity index (χ2v) is 14.0. The Kier molecular flexibility index (Phi) is 9.09. The van der Waals surface area contributed by atoms with E-state index in [1.54, 1.807) is 6.92 Å². The number of carbonyl (C=O) groups excluding carboxylic acids is 1. The molecule has 35 heavy (non-hydrogen) atoms. The summed E-state index contributed by atoms with van der Waals surface area (Å²) in [5, 5.41) is 2.42. The minimum Gasteiger partial charge on any atom is -0.466 e. The first kappa shape index (κ1) is 26.5. The minimum absolute atomic E-state index is 0.0898. The van der Waals surface area contributed by atoms with Crippen LogP contribution < -0.4 is 10.4 Å². The van der Waals surface area contributed by atoms with Crippen LogP contribution in [0.2, 0.25) is 5.04 Å². The van der Waals surface area contributed by atoms with E-state index in [0.717, 1.165) is 11.1 Å². The Balaban J connectivity index is 1.98. The van der Waals surface area contributed by atoms with Gasteiger partial charge in [-0.25, -0.2) is 0 Å². The predicted octanol–water partition coefficient (Wildman–Crippen LogP) is 5.82. The molecule has 0 aliphatic heterocycles. The number of rotatable bonds is 9. The molecule has 3 aromatic rings. The number of hydrogen-bond donors (Lipinski definition) is 0. The maximum atomic E-state index is 12.2. The van der Waals surface area contributed by atoms with E-state index in [2.05, 4.69) is 105 Å². The Labute approximate surface area is 211 Å². The van der Waals surface area contributed by atoms with Crippen molar-refractivity contribution in [2.45, 2.75) is 58.6 Å². The van der Waals surface area contributed by atoms with Gasteiger partial charge in [0.2, 0.25) is 0 Å². The molecule has 3 aromatic carbocycles. The molecule has 4 heteroatoms. The highest BCUT2D eigenvalue weighted by molar-refractivity contribution is 6.99. The van der Waals surface area contributed by atoms with Crippen molar-refractivity contribution in [1.82, 2.24) is 0 Å². The van der Waals surface area contributed by atoms with Crippen LogP contribution >= 0.6 is 0 Å². The summed E-state index contributed by atoms with van der Waals surface area (Å²) in [4.78, 5) is 12.2. The average Bonchev–Trinajstić information content (AvgIpc) is 2.85. The highest BCUT2D eigenvalue weighted by Crippen LogP contribution is 2.37. The van der Waals surface area contributed by atoms with Gasteiger partial charge in [0.1, 0.15) is 0 Å². The van der Waals surface area contributed by atoms with Gasteiger partial charge in [0.15, 0.2) is 0 Å². The van der Waals surface area contributed by atoms with E-state index in [0.29, 0.717) is 13.2 Å². The van der Waals surface area contributed by atoms with Crippen molar-refractivity contribution in [3.8, 4) is 11.8 Å². The summed E-state index contributed by atoms with van der Waals surface area (Å²) >= 11 is 0. The Morgan fingerprint density at radius 1 is 0.914 bits per heavy atom. The minimum atomic E-state index is -2.63. The first-order valence-corrected chi connectivity index (χ1v) is 14.1. The van der Waals surface area contributed by atoms with E-state index in [1.807, 2.05) is 19.1 Å². The standard InChI is InChI=1S/C31H36O3Si/c1-6-15-26(23-30(32)33-7-2)27-17-14-16-25(22-27)24-34-35(31(3,4)5,28-18-10-8-11-19-28)29-20-12-9-13-21-29/h8-14,16-22,26H,7,23-24H2,1-5H3. The van der Waals surface area contributed by atoms with Crippen molar-refractivity contribution in [2.24, 2.45) is 0 Å². The van der Waals surface area contributed by atoms with Crippen molar-refractivity contribution in [3.63, 3.8) is 0 Å². The van der Waals surface area contributed by atoms with Gasteiger partial charge >= 0.3 is 5.97 Å². The molecule has 0 saturated carbocycles. The van der Waals surface area contributed by atoms with Crippen LogP contribution in [0.15, 0.2) is 84.9 Å². The SMILES string of the molecule is CC#CC(CC(=O)OCC)c1cccc(CO[Si](c2ccccc2)(c2ccccc2)C(C)(C)C)c1. The number of hydrogen-bond acceptors (Lipinski definition) is 3. The summed E-state index contributed by atoms with van der Waals surface area (Å²) in [7, 11) is -2.63. The van der Waals surface area contributed by atoms with Crippen molar-refractivity contribution in [2.75, 3.05) is 6.61 Å². The summed E-state index contributed by atoms with van der Waals surface area (Å²) in [6.07, 6.45) is 0.244. The quantitative estimate of drug-likeness (QED) is 0.218. The highest BCUT2D eigenvalue weighted by atomic mass is 28.4. The molecule has 1 atom stereocenters. The molecule has 0 bridgehead atoms. The smallest absolute Gasteiger partial charge is 0.307 e. The van der Waals surface area contributed by atoms with Gasteiger partial charge in [0.05, 0.1) is 25.6 Å². The average molecular weight is 485 g/mol. The van der Waals surface area contributed by atoms with Crippen LogP contribution in [-0.4, -0.2) is 20.9 Å². The van der Waals surface area contributed by atoms with Crippen LogP contribution in [0.1, 0.15) is 58.1 Å². The molecule has 0 spiro atoms. The Hall–Kier alpha value is -3.13. The lowest BCUT2D eigenvalue weighted by Gasteiger charge is -2.43. The number of benzene rings is 3. The molecular weight excluding hydrogens is 448 g/mol. The summed E-state index contributed by atoms with van der Waals surface area (Å²) in [6, 6.07) is 29.6. The summed E-state index contributed by atoms with van der Waals surface area (Å²) in [5.74, 6) is 5.72. The van der Waals surface area contributed by atoms with Crippen LogP contribution in [0.4, 0.5) is 0 Å². The Bertz CT molecular complexity index is 1110. The fourth-order valence-corrected chi connectivity index (χ4v) is 9.20. The fraction of sp³-hybridized carbons (Fsp3) is 0.323. The third-order valence-electron chi connectivity index (χ3n) is 6.22. The van der Waals surface area contributed by atoms with Gasteiger partial charge in [-0.15, -0.1) is 5.92 Å². The van der Waals surface area contributed by atoms with Crippen molar-refractivity contribution < 1.29 is 14.0 Å². The fourth-order valence-electron chi connectivity index (χ4n) is 4.67. The zero-order chi connectivity index (χ0) is 25.3. The lowest BCUT2D eigenvalue weighted by Crippen LogP contribution is -2.66. The molecule has 0 heterocycles. The van der Waals surface area contributed by atoms with E-state index < -0.39 is 8.32 Å². The second kappa shape index (κ2) is 12.0. The van der Waals surface area contributed by atoms with E-state index in [4.69, 9.17) is 9.16 Å². The molecule has 0 aliphatic rings. The number of ether oxygens (including phenoxy) is 1. The molecule has 0 aliphatic carbocycles. The van der Waals surface area contributed by atoms with Gasteiger partial charge in [-0.2, -0.15) is 0 Å². The van der Waals surface area contributed by atoms with Gasteiger partial charge in [-0.05, 0) is 40.4 Å². The van der Waals surface area contributed by atoms with E-state index in [1.165, 1.54) is 10.4 Å². The maximum Gasteiger partial charge on any atom is 0.307 e. The van der Waals surface area contributed by atoms with Gasteiger partial charge in [-0.3, -0.25) is 4.79 Å². The predicted molar refractivity (Wildman–Crippen MR) is 146 cm³/mol. The van der Waals surface area contributed by atoms with Crippen LogP contribution in [0.25, 0.3) is 0 Å². The molecule has 0 saturated heterocycles. The van der Waals surface area contributed by atoms with E-state index in [-0.39, 0.29) is 23.3 Å². The summed E-state index contributed by atoms with van der Waals surface area (Å²) in [6.45, 7) is 11.3. The summed E-state index contributed by atoms with van der Waals surface area (Å²) < 4.78 is 12.3. The van der Waals surface area contributed by atoms with Crippen LogP contribution in [0, 0.1) is 11.8 Å². The number of carbonyl (C=O) groups is 1. The number of esters is 1. The van der Waals surface area contributed by atoms with Crippen LogP contribution in [0.3, 0.4) is 0 Å². The van der Waals surface area contributed by atoms with Gasteiger partial charge in [0.25, 0.3) is 8.32 Å². The van der Waals surface area contributed by atoms with Crippen LogP contribution in [0.5, 0.6) is 0 Å². The van der Waals surface area contributed by atoms with E-state index in [9.17, 15) is 4.79 Å². The zero-order valence-corrected chi connectivity index (χ0v) is 22.5. The second-order valence-electron chi connectivity index (χ2n) is 9.65. The first-order valence-electron chi connectivity index (χ1n) is 12.2. The molecule has 3 rings (SSSR count). The van der Waals surface area contributed by atoms with Gasteiger partial charge in [0, 0.05) is 0 Å².